The molecule has 0 aromatic rings. The summed E-state index contributed by atoms with van der Waals surface area (Å²) in [6, 6.07) is 0. The molecule has 3 heteroatoms. The molecule has 0 rings (SSSR count). The maximum absolute atomic E-state index is 11.5. The maximum atomic E-state index is 11.5. The first-order chi connectivity index (χ1) is 12.5. The molecule has 148 valence electrons. The van der Waals surface area contributed by atoms with E-state index in [9.17, 15) is 4.79 Å². The minimum absolute atomic E-state index is 0.251. The van der Waals surface area contributed by atoms with Crippen molar-refractivity contribution in [2.45, 2.75) is 90.8 Å². The van der Waals surface area contributed by atoms with Crippen molar-refractivity contribution in [1.29, 1.82) is 0 Å². The second kappa shape index (κ2) is 17.1. The van der Waals surface area contributed by atoms with Crippen LogP contribution in [0.25, 0.3) is 0 Å². The number of rotatable bonds is 15. The number of carbonyl (C=O) groups is 1. The Kier molecular flexibility index (Phi) is 16.2. The summed E-state index contributed by atoms with van der Waals surface area (Å²) in [5.41, 5.74) is 0. The van der Waals surface area contributed by atoms with Crippen molar-refractivity contribution in [2.24, 2.45) is 0 Å². The molecule has 0 amide bonds. The second-order valence-electron chi connectivity index (χ2n) is 7.71. The summed E-state index contributed by atoms with van der Waals surface area (Å²) in [6.45, 7) is 8.26. The van der Waals surface area contributed by atoms with Crippen molar-refractivity contribution in [1.82, 2.24) is 0 Å². The molecular weight excluding hydrogens is 336 g/mol. The summed E-state index contributed by atoms with van der Waals surface area (Å²) in [5, 5.41) is 0. The lowest BCUT2D eigenvalue weighted by molar-refractivity contribution is -0.129. The Balaban J connectivity index is 3.57. The van der Waals surface area contributed by atoms with Gasteiger partial charge < -0.3 is 4.43 Å². The molecular formula is C23H40O2Si. The minimum Gasteiger partial charge on any atom is -0.517 e. The first-order valence-electron chi connectivity index (χ1n) is 10.3. The Morgan fingerprint density at radius 1 is 0.731 bits per heavy atom. The van der Waals surface area contributed by atoms with Gasteiger partial charge in [-0.2, -0.15) is 0 Å². The molecule has 0 saturated heterocycles. The lowest BCUT2D eigenvalue weighted by atomic mass is 10.1. The number of hydrogen-bond donors (Lipinski definition) is 0. The van der Waals surface area contributed by atoms with Crippen LogP contribution in [0.15, 0.2) is 48.6 Å². The topological polar surface area (TPSA) is 26.3 Å². The monoisotopic (exact) mass is 376 g/mol. The van der Waals surface area contributed by atoms with Crippen LogP contribution >= 0.6 is 0 Å². The molecule has 0 spiro atoms. The van der Waals surface area contributed by atoms with Crippen LogP contribution in [0.3, 0.4) is 0 Å². The fraction of sp³-hybridized carbons (Fsp3) is 0.609. The van der Waals surface area contributed by atoms with Crippen molar-refractivity contribution in [3.05, 3.63) is 48.6 Å². The Morgan fingerprint density at radius 2 is 1.23 bits per heavy atom. The highest BCUT2D eigenvalue weighted by molar-refractivity contribution is 6.71. The van der Waals surface area contributed by atoms with E-state index in [1.807, 2.05) is 43.9 Å². The van der Waals surface area contributed by atoms with Crippen molar-refractivity contribution in [3.63, 3.8) is 0 Å². The van der Waals surface area contributed by atoms with Crippen LogP contribution in [0, 0.1) is 0 Å². The summed E-state index contributed by atoms with van der Waals surface area (Å²) >= 11 is 0. The van der Waals surface area contributed by atoms with E-state index in [1.165, 1.54) is 63.9 Å². The maximum Gasteiger partial charge on any atom is 0.317 e. The molecule has 0 aliphatic heterocycles. The highest BCUT2D eigenvalue weighted by Crippen LogP contribution is 2.10. The number of carbonyl (C=O) groups excluding carboxylic acids is 1. The van der Waals surface area contributed by atoms with Crippen molar-refractivity contribution in [3.8, 4) is 0 Å². The van der Waals surface area contributed by atoms with Crippen LogP contribution in [0.5, 0.6) is 0 Å². The Labute approximate surface area is 163 Å². The molecule has 0 aliphatic carbocycles. The van der Waals surface area contributed by atoms with Crippen molar-refractivity contribution >= 4 is 14.3 Å². The van der Waals surface area contributed by atoms with Crippen LogP contribution < -0.4 is 0 Å². The van der Waals surface area contributed by atoms with E-state index in [4.69, 9.17) is 4.43 Å². The predicted octanol–water partition coefficient (Wildman–Crippen LogP) is 7.51. The van der Waals surface area contributed by atoms with E-state index in [2.05, 4.69) is 19.1 Å². The molecule has 0 aliphatic rings. The van der Waals surface area contributed by atoms with Gasteiger partial charge in [-0.3, -0.25) is 0 Å². The first-order valence-corrected chi connectivity index (χ1v) is 13.8. The van der Waals surface area contributed by atoms with Crippen LogP contribution in [0.1, 0.15) is 71.1 Å². The van der Waals surface area contributed by atoms with Crippen LogP contribution in [0.4, 0.5) is 0 Å². The van der Waals surface area contributed by atoms with Crippen molar-refractivity contribution < 1.29 is 9.22 Å². The fourth-order valence-corrected chi connectivity index (χ4v) is 3.15. The molecule has 0 aromatic carbocycles. The standard InChI is InChI=1S/C23H40O2Si/c1-5-6-7-8-9-10-11-12-13-14-15-16-17-18-19-20-21-22-23(24)25-26(2,3)4/h15-22H,5-14H2,1-4H3. The van der Waals surface area contributed by atoms with Gasteiger partial charge in [0.2, 0.25) is 8.32 Å². The SMILES string of the molecule is CCCCCCCCCCCC=CC=CC=CC=CC(=O)O[Si](C)(C)C. The third-order valence-electron chi connectivity index (χ3n) is 3.81. The minimum atomic E-state index is -1.78. The molecule has 0 radical (unpaired) electrons. The zero-order valence-corrected chi connectivity index (χ0v) is 18.5. The van der Waals surface area contributed by atoms with Gasteiger partial charge >= 0.3 is 5.97 Å². The van der Waals surface area contributed by atoms with Gasteiger partial charge in [0.15, 0.2) is 0 Å². The zero-order chi connectivity index (χ0) is 19.5. The highest BCUT2D eigenvalue weighted by Gasteiger charge is 2.17. The Morgan fingerprint density at radius 3 is 1.81 bits per heavy atom. The lowest BCUT2D eigenvalue weighted by Gasteiger charge is -2.15. The molecule has 0 N–H and O–H groups in total. The van der Waals surface area contributed by atoms with Crippen LogP contribution in [0.2, 0.25) is 19.6 Å². The molecule has 0 saturated carbocycles. The summed E-state index contributed by atoms with van der Waals surface area (Å²) in [7, 11) is -1.78. The molecule has 0 atom stereocenters. The smallest absolute Gasteiger partial charge is 0.317 e. The molecule has 0 aromatic heterocycles. The van der Waals surface area contributed by atoms with E-state index in [0.717, 1.165) is 6.42 Å². The summed E-state index contributed by atoms with van der Waals surface area (Å²) in [4.78, 5) is 11.5. The van der Waals surface area contributed by atoms with E-state index in [1.54, 1.807) is 6.08 Å². The first kappa shape index (κ1) is 24.6. The van der Waals surface area contributed by atoms with Gasteiger partial charge in [0, 0.05) is 6.08 Å². The number of unbranched alkanes of at least 4 members (excludes halogenated alkanes) is 9. The fourth-order valence-electron chi connectivity index (χ4n) is 2.47. The van der Waals surface area contributed by atoms with Crippen LogP contribution in [-0.4, -0.2) is 14.3 Å². The van der Waals surface area contributed by atoms with E-state index >= 15 is 0 Å². The van der Waals surface area contributed by atoms with Gasteiger partial charge in [-0.15, -0.1) is 0 Å². The van der Waals surface area contributed by atoms with Gasteiger partial charge in [0.25, 0.3) is 0 Å². The Bertz CT molecular complexity index is 453. The second-order valence-corrected chi connectivity index (χ2v) is 12.1. The van der Waals surface area contributed by atoms with Gasteiger partial charge in [-0.25, -0.2) is 4.79 Å². The predicted molar refractivity (Wildman–Crippen MR) is 118 cm³/mol. The molecule has 0 heterocycles. The third kappa shape index (κ3) is 20.7. The average molecular weight is 377 g/mol. The molecule has 0 unspecified atom stereocenters. The molecule has 2 nitrogen and oxygen atoms in total. The van der Waals surface area contributed by atoms with Gasteiger partial charge in [-0.05, 0) is 32.5 Å². The quantitative estimate of drug-likeness (QED) is 0.128. The average Bonchev–Trinajstić information content (AvgIpc) is 2.56. The van der Waals surface area contributed by atoms with Crippen LogP contribution in [-0.2, 0) is 9.22 Å². The largest absolute Gasteiger partial charge is 0.517 e. The van der Waals surface area contributed by atoms with E-state index in [0.29, 0.717) is 0 Å². The number of allylic oxidation sites excluding steroid dienone is 7. The summed E-state index contributed by atoms with van der Waals surface area (Å²) in [5.74, 6) is -0.251. The Hall–Kier alpha value is -1.35. The van der Waals surface area contributed by atoms with E-state index < -0.39 is 8.32 Å². The molecule has 26 heavy (non-hydrogen) atoms. The third-order valence-corrected chi connectivity index (χ3v) is 4.62. The lowest BCUT2D eigenvalue weighted by Crippen LogP contribution is -2.28. The van der Waals surface area contributed by atoms with E-state index in [-0.39, 0.29) is 5.97 Å². The molecule has 0 fully saturated rings. The summed E-state index contributed by atoms with van der Waals surface area (Å²) in [6.07, 6.45) is 28.8. The highest BCUT2D eigenvalue weighted by atomic mass is 28.4. The van der Waals surface area contributed by atoms with Gasteiger partial charge in [0.1, 0.15) is 0 Å². The number of hydrogen-bond acceptors (Lipinski definition) is 2. The van der Waals surface area contributed by atoms with Gasteiger partial charge in [0.05, 0.1) is 0 Å². The van der Waals surface area contributed by atoms with Crippen molar-refractivity contribution in [2.75, 3.05) is 0 Å². The molecule has 0 bridgehead atoms. The summed E-state index contributed by atoms with van der Waals surface area (Å²) < 4.78 is 5.32. The normalized spacial score (nSPS) is 12.9. The zero-order valence-electron chi connectivity index (χ0n) is 17.5. The van der Waals surface area contributed by atoms with Gasteiger partial charge in [-0.1, -0.05) is 101 Å².